The fourth-order valence-corrected chi connectivity index (χ4v) is 5.34. The SMILES string of the molecule is CC1=C(N2CCC3(CCN(CC(O)c4ccc(N(N)/C=N\N)nc4C)CC3)C2=O)CCC1=O. The van der Waals surface area contributed by atoms with Gasteiger partial charge < -0.3 is 20.7 Å². The Morgan fingerprint density at radius 3 is 2.52 bits per heavy atom. The van der Waals surface area contributed by atoms with Crippen molar-refractivity contribution in [1.29, 1.82) is 0 Å². The number of nitrogens with zero attached hydrogens (tertiary/aromatic N) is 5. The number of hydrazone groups is 1. The smallest absolute Gasteiger partial charge is 0.233 e. The van der Waals surface area contributed by atoms with Crippen LogP contribution in [0.25, 0.3) is 0 Å². The molecule has 0 saturated carbocycles. The Morgan fingerprint density at radius 1 is 1.21 bits per heavy atom. The average molecular weight is 456 g/mol. The molecule has 3 heterocycles. The molecule has 1 atom stereocenters. The number of β-amino-alcohol motifs (C(OH)–C–C–N with tert-alkyl or cyclic N) is 1. The van der Waals surface area contributed by atoms with Crippen molar-refractivity contribution in [1.82, 2.24) is 14.8 Å². The molecule has 0 aromatic carbocycles. The van der Waals surface area contributed by atoms with Crippen LogP contribution in [0.2, 0.25) is 0 Å². The van der Waals surface area contributed by atoms with Gasteiger partial charge in [-0.15, -0.1) is 0 Å². The molecule has 2 fully saturated rings. The van der Waals surface area contributed by atoms with Crippen LogP contribution in [0.5, 0.6) is 0 Å². The van der Waals surface area contributed by atoms with Crippen LogP contribution in [-0.2, 0) is 9.59 Å². The van der Waals surface area contributed by atoms with Gasteiger partial charge in [0.15, 0.2) is 5.78 Å². The number of carbonyl (C=O) groups excluding carboxylic acids is 2. The minimum absolute atomic E-state index is 0.159. The number of allylic oxidation sites excluding steroid dienone is 2. The maximum Gasteiger partial charge on any atom is 0.233 e. The normalized spacial score (nSPS) is 22.2. The van der Waals surface area contributed by atoms with Gasteiger partial charge in [-0.2, -0.15) is 5.10 Å². The van der Waals surface area contributed by atoms with Crippen LogP contribution in [0.3, 0.4) is 0 Å². The highest BCUT2D eigenvalue weighted by molar-refractivity contribution is 5.99. The van der Waals surface area contributed by atoms with Gasteiger partial charge in [-0.3, -0.25) is 9.59 Å². The number of hydrogen-bond acceptors (Lipinski definition) is 8. The lowest BCUT2D eigenvalue weighted by Gasteiger charge is -2.38. The van der Waals surface area contributed by atoms with Crippen molar-refractivity contribution < 1.29 is 14.7 Å². The van der Waals surface area contributed by atoms with Crippen molar-refractivity contribution in [3.05, 3.63) is 34.7 Å². The summed E-state index contributed by atoms with van der Waals surface area (Å²) in [5.41, 5.74) is 2.78. The highest BCUT2D eigenvalue weighted by atomic mass is 16.3. The quantitative estimate of drug-likeness (QED) is 0.249. The Labute approximate surface area is 193 Å². The van der Waals surface area contributed by atoms with E-state index in [0.717, 1.165) is 49.2 Å². The first kappa shape index (κ1) is 23.3. The monoisotopic (exact) mass is 455 g/mol. The summed E-state index contributed by atoms with van der Waals surface area (Å²) >= 11 is 0. The zero-order chi connectivity index (χ0) is 23.8. The number of amides is 1. The molecule has 10 heteroatoms. The lowest BCUT2D eigenvalue weighted by molar-refractivity contribution is -0.137. The van der Waals surface area contributed by atoms with E-state index in [2.05, 4.69) is 15.0 Å². The molecular weight excluding hydrogens is 422 g/mol. The zero-order valence-electron chi connectivity index (χ0n) is 19.3. The number of aromatic nitrogens is 1. The summed E-state index contributed by atoms with van der Waals surface area (Å²) in [6, 6.07) is 3.53. The number of likely N-dealkylation sites (tertiary alicyclic amines) is 2. The number of aliphatic hydroxyl groups is 1. The number of ketones is 1. The van der Waals surface area contributed by atoms with Crippen LogP contribution in [0.4, 0.5) is 5.82 Å². The largest absolute Gasteiger partial charge is 0.387 e. The lowest BCUT2D eigenvalue weighted by Crippen LogP contribution is -2.45. The Kier molecular flexibility index (Phi) is 6.51. The van der Waals surface area contributed by atoms with E-state index in [1.807, 2.05) is 24.8 Å². The van der Waals surface area contributed by atoms with Crippen molar-refractivity contribution in [3.8, 4) is 0 Å². The Morgan fingerprint density at radius 2 is 1.91 bits per heavy atom. The number of anilines is 1. The molecule has 1 aliphatic carbocycles. The summed E-state index contributed by atoms with van der Waals surface area (Å²) in [5, 5.41) is 15.4. The van der Waals surface area contributed by atoms with Gasteiger partial charge in [-0.1, -0.05) is 6.07 Å². The highest BCUT2D eigenvalue weighted by Crippen LogP contribution is 2.44. The minimum Gasteiger partial charge on any atom is -0.387 e. The van der Waals surface area contributed by atoms with E-state index in [9.17, 15) is 14.7 Å². The van der Waals surface area contributed by atoms with E-state index < -0.39 is 6.10 Å². The van der Waals surface area contributed by atoms with Crippen LogP contribution in [0.1, 0.15) is 56.4 Å². The summed E-state index contributed by atoms with van der Waals surface area (Å²) in [7, 11) is 0. The molecule has 10 nitrogen and oxygen atoms in total. The third-order valence-electron chi connectivity index (χ3n) is 7.45. The van der Waals surface area contributed by atoms with E-state index in [0.29, 0.717) is 37.4 Å². The van der Waals surface area contributed by atoms with Crippen molar-refractivity contribution in [2.45, 2.75) is 52.1 Å². The van der Waals surface area contributed by atoms with E-state index in [4.69, 9.17) is 11.7 Å². The number of hydrazine groups is 1. The number of piperidine rings is 1. The van der Waals surface area contributed by atoms with Gasteiger partial charge in [-0.25, -0.2) is 15.8 Å². The maximum absolute atomic E-state index is 13.3. The first-order valence-electron chi connectivity index (χ1n) is 11.5. The molecule has 2 saturated heterocycles. The number of aliphatic hydroxyl groups excluding tert-OH is 1. The van der Waals surface area contributed by atoms with Crippen LogP contribution in [0, 0.1) is 12.3 Å². The Bertz CT molecular complexity index is 998. The zero-order valence-corrected chi connectivity index (χ0v) is 19.3. The van der Waals surface area contributed by atoms with Gasteiger partial charge in [0.25, 0.3) is 0 Å². The molecule has 0 radical (unpaired) electrons. The molecular formula is C23H33N7O3. The summed E-state index contributed by atoms with van der Waals surface area (Å²) < 4.78 is 0. The van der Waals surface area contributed by atoms with Crippen molar-refractivity contribution in [2.75, 3.05) is 31.2 Å². The van der Waals surface area contributed by atoms with Gasteiger partial charge in [-0.05, 0) is 58.7 Å². The Hall–Kier alpha value is -2.82. The molecule has 3 aliphatic rings. The lowest BCUT2D eigenvalue weighted by atomic mass is 9.77. The van der Waals surface area contributed by atoms with Crippen LogP contribution < -0.4 is 16.7 Å². The number of hydrogen-bond donors (Lipinski definition) is 3. The second kappa shape index (κ2) is 9.20. The van der Waals surface area contributed by atoms with Gasteiger partial charge in [0, 0.05) is 42.0 Å². The number of aryl methyl sites for hydroxylation is 1. The number of Topliss-reactive ketones (excluding diaryl/α,β-unsaturated/α-hetero) is 1. The number of carbonyl (C=O) groups is 2. The molecule has 1 aromatic rings. The topological polar surface area (TPSA) is 141 Å². The minimum atomic E-state index is -0.692. The summed E-state index contributed by atoms with van der Waals surface area (Å²) in [6.07, 6.45) is 4.14. The molecule has 1 spiro atoms. The van der Waals surface area contributed by atoms with Crippen LogP contribution in [0.15, 0.2) is 28.5 Å². The Balaban J connectivity index is 1.36. The summed E-state index contributed by atoms with van der Waals surface area (Å²) in [5.74, 6) is 11.7. The highest BCUT2D eigenvalue weighted by Gasteiger charge is 2.49. The third-order valence-corrected chi connectivity index (χ3v) is 7.45. The molecule has 1 unspecified atom stereocenters. The third kappa shape index (κ3) is 4.38. The second-order valence-electron chi connectivity index (χ2n) is 9.31. The standard InChI is InChI=1S/C23H33N7O3/c1-15-18(4-5-19(15)31)29-12-9-23(22(29)33)7-10-28(11-8-23)13-20(32)17-3-6-21(27-16(17)2)30(25)14-26-24/h3,6,14,20,32H,4-5,7-13,24-25H2,1-2H3/b26-14-. The molecule has 0 bridgehead atoms. The van der Waals surface area contributed by atoms with Crippen LogP contribution in [-0.4, -0.2) is 64.1 Å². The van der Waals surface area contributed by atoms with E-state index in [1.54, 1.807) is 6.07 Å². The fourth-order valence-electron chi connectivity index (χ4n) is 5.34. The molecule has 4 rings (SSSR count). The van der Waals surface area contributed by atoms with Crippen LogP contribution >= 0.6 is 0 Å². The van der Waals surface area contributed by atoms with Gasteiger partial charge in [0.05, 0.1) is 11.5 Å². The van der Waals surface area contributed by atoms with E-state index >= 15 is 0 Å². The van der Waals surface area contributed by atoms with Gasteiger partial charge in [0.2, 0.25) is 5.91 Å². The van der Waals surface area contributed by atoms with E-state index in [1.165, 1.54) is 11.3 Å². The molecule has 1 aromatic heterocycles. The van der Waals surface area contributed by atoms with Gasteiger partial charge in [0.1, 0.15) is 12.2 Å². The average Bonchev–Trinajstić information content (AvgIpc) is 3.29. The molecule has 33 heavy (non-hydrogen) atoms. The fraction of sp³-hybridized carbons (Fsp3) is 0.565. The molecule has 178 valence electrons. The summed E-state index contributed by atoms with van der Waals surface area (Å²) in [6.45, 7) is 6.35. The molecule has 5 N–H and O–H groups in total. The maximum atomic E-state index is 13.3. The number of rotatable bonds is 6. The van der Waals surface area contributed by atoms with E-state index in [-0.39, 0.29) is 17.1 Å². The number of nitrogens with two attached hydrogens (primary N) is 2. The van der Waals surface area contributed by atoms with Crippen molar-refractivity contribution in [3.63, 3.8) is 0 Å². The van der Waals surface area contributed by atoms with Gasteiger partial charge >= 0.3 is 0 Å². The summed E-state index contributed by atoms with van der Waals surface area (Å²) in [4.78, 5) is 33.8. The van der Waals surface area contributed by atoms with Crippen molar-refractivity contribution >= 4 is 23.8 Å². The molecule has 1 amide bonds. The van der Waals surface area contributed by atoms with Crippen molar-refractivity contribution in [2.24, 2.45) is 22.2 Å². The first-order valence-corrected chi connectivity index (χ1v) is 11.5. The molecule has 2 aliphatic heterocycles. The number of pyridine rings is 1. The predicted molar refractivity (Wildman–Crippen MR) is 125 cm³/mol. The predicted octanol–water partition coefficient (Wildman–Crippen LogP) is 0.957. The second-order valence-corrected chi connectivity index (χ2v) is 9.31. The first-order chi connectivity index (χ1) is 15.8.